The van der Waals surface area contributed by atoms with Gasteiger partial charge in [-0.25, -0.2) is 0 Å². The number of hydrogen-bond donors (Lipinski definition) is 0. The fraction of sp³-hybridized carbons (Fsp3) is 1.00. The highest BCUT2D eigenvalue weighted by molar-refractivity contribution is 4.79. The first kappa shape index (κ1) is 16.2. The molecule has 2 aliphatic heterocycles. The van der Waals surface area contributed by atoms with Crippen molar-refractivity contribution in [2.75, 3.05) is 66.1 Å². The SMILES string of the molecule is COCCN1CCC(CN2CCN(C(C)C)CC2)CC1. The number of hydrogen-bond acceptors (Lipinski definition) is 4. The van der Waals surface area contributed by atoms with Crippen LogP contribution in [-0.4, -0.2) is 86.8 Å². The molecule has 0 unspecified atom stereocenters. The molecule has 0 bridgehead atoms. The van der Waals surface area contributed by atoms with Crippen molar-refractivity contribution in [3.63, 3.8) is 0 Å². The summed E-state index contributed by atoms with van der Waals surface area (Å²) in [5.74, 6) is 0.916. The van der Waals surface area contributed by atoms with Gasteiger partial charge in [-0.3, -0.25) is 4.90 Å². The van der Waals surface area contributed by atoms with E-state index >= 15 is 0 Å². The minimum Gasteiger partial charge on any atom is -0.383 e. The molecule has 2 rings (SSSR count). The summed E-state index contributed by atoms with van der Waals surface area (Å²) in [4.78, 5) is 7.84. The van der Waals surface area contributed by atoms with Gasteiger partial charge in [0.1, 0.15) is 0 Å². The van der Waals surface area contributed by atoms with Crippen LogP contribution >= 0.6 is 0 Å². The van der Waals surface area contributed by atoms with Crippen LogP contribution in [0, 0.1) is 5.92 Å². The van der Waals surface area contributed by atoms with E-state index < -0.39 is 0 Å². The standard InChI is InChI=1S/C16H33N3O/c1-15(2)19-10-8-18(9-11-19)14-16-4-6-17(7-5-16)12-13-20-3/h15-16H,4-14H2,1-3H3. The normalized spacial score (nSPS) is 24.6. The Bertz CT molecular complexity index is 256. The summed E-state index contributed by atoms with van der Waals surface area (Å²) >= 11 is 0. The summed E-state index contributed by atoms with van der Waals surface area (Å²) in [6, 6.07) is 0.709. The number of nitrogens with zero attached hydrogens (tertiary/aromatic N) is 3. The number of piperazine rings is 1. The second-order valence-electron chi connectivity index (χ2n) is 6.71. The van der Waals surface area contributed by atoms with E-state index in [1.165, 1.54) is 58.7 Å². The largest absolute Gasteiger partial charge is 0.383 e. The monoisotopic (exact) mass is 283 g/mol. The van der Waals surface area contributed by atoms with Gasteiger partial charge in [0.05, 0.1) is 6.61 Å². The third-order valence-electron chi connectivity index (χ3n) is 4.97. The molecule has 0 spiro atoms. The Morgan fingerprint density at radius 3 is 2.15 bits per heavy atom. The van der Waals surface area contributed by atoms with Crippen LogP contribution in [0.3, 0.4) is 0 Å². The minimum absolute atomic E-state index is 0.709. The first-order valence-electron chi connectivity index (χ1n) is 8.36. The zero-order valence-corrected chi connectivity index (χ0v) is 13.7. The number of methoxy groups -OCH3 is 1. The van der Waals surface area contributed by atoms with E-state index in [0.717, 1.165) is 19.1 Å². The van der Waals surface area contributed by atoms with Crippen LogP contribution < -0.4 is 0 Å². The second-order valence-corrected chi connectivity index (χ2v) is 6.71. The van der Waals surface area contributed by atoms with E-state index in [0.29, 0.717) is 6.04 Å². The maximum Gasteiger partial charge on any atom is 0.0589 e. The van der Waals surface area contributed by atoms with Gasteiger partial charge in [-0.1, -0.05) is 0 Å². The molecule has 0 aliphatic carbocycles. The highest BCUT2D eigenvalue weighted by atomic mass is 16.5. The average molecular weight is 283 g/mol. The van der Waals surface area contributed by atoms with Crippen molar-refractivity contribution < 1.29 is 4.74 Å². The molecule has 4 nitrogen and oxygen atoms in total. The molecule has 0 amide bonds. The van der Waals surface area contributed by atoms with Gasteiger partial charge in [0.25, 0.3) is 0 Å². The lowest BCUT2D eigenvalue weighted by atomic mass is 9.96. The molecule has 0 aromatic heterocycles. The van der Waals surface area contributed by atoms with Gasteiger partial charge < -0.3 is 14.5 Å². The Hall–Kier alpha value is -0.160. The Labute approximate surface area is 125 Å². The van der Waals surface area contributed by atoms with Crippen molar-refractivity contribution in [1.29, 1.82) is 0 Å². The van der Waals surface area contributed by atoms with Crippen LogP contribution in [0.5, 0.6) is 0 Å². The van der Waals surface area contributed by atoms with Gasteiger partial charge >= 0.3 is 0 Å². The molecule has 0 saturated carbocycles. The summed E-state index contributed by atoms with van der Waals surface area (Å²) < 4.78 is 5.17. The molecule has 2 heterocycles. The summed E-state index contributed by atoms with van der Waals surface area (Å²) in [7, 11) is 1.80. The molecule has 4 heteroatoms. The van der Waals surface area contributed by atoms with Crippen LogP contribution in [0.1, 0.15) is 26.7 Å². The van der Waals surface area contributed by atoms with Crippen LogP contribution in [-0.2, 0) is 4.74 Å². The topological polar surface area (TPSA) is 19.0 Å². The van der Waals surface area contributed by atoms with Crippen molar-refractivity contribution in [3.8, 4) is 0 Å². The van der Waals surface area contributed by atoms with Crippen LogP contribution in [0.15, 0.2) is 0 Å². The fourth-order valence-electron chi connectivity index (χ4n) is 3.44. The molecule has 2 fully saturated rings. The Morgan fingerprint density at radius 2 is 1.60 bits per heavy atom. The first-order chi connectivity index (χ1) is 9.69. The lowest BCUT2D eigenvalue weighted by Crippen LogP contribution is -2.50. The van der Waals surface area contributed by atoms with E-state index in [9.17, 15) is 0 Å². The van der Waals surface area contributed by atoms with Gasteiger partial charge in [-0.05, 0) is 45.7 Å². The Balaban J connectivity index is 1.61. The summed E-state index contributed by atoms with van der Waals surface area (Å²) in [5, 5.41) is 0. The maximum atomic E-state index is 5.17. The highest BCUT2D eigenvalue weighted by Crippen LogP contribution is 2.19. The van der Waals surface area contributed by atoms with Gasteiger partial charge in [-0.2, -0.15) is 0 Å². The molecular formula is C16H33N3O. The summed E-state index contributed by atoms with van der Waals surface area (Å²) in [5.41, 5.74) is 0. The van der Waals surface area contributed by atoms with E-state index in [2.05, 4.69) is 28.5 Å². The second kappa shape index (κ2) is 8.32. The van der Waals surface area contributed by atoms with Crippen molar-refractivity contribution >= 4 is 0 Å². The van der Waals surface area contributed by atoms with Crippen LogP contribution in [0.25, 0.3) is 0 Å². The van der Waals surface area contributed by atoms with Gasteiger partial charge in [0, 0.05) is 52.4 Å². The lowest BCUT2D eigenvalue weighted by molar-refractivity contribution is 0.0744. The highest BCUT2D eigenvalue weighted by Gasteiger charge is 2.24. The fourth-order valence-corrected chi connectivity index (χ4v) is 3.44. The number of rotatable bonds is 6. The Kier molecular flexibility index (Phi) is 6.75. The first-order valence-corrected chi connectivity index (χ1v) is 8.36. The van der Waals surface area contributed by atoms with Gasteiger partial charge in [0.2, 0.25) is 0 Å². The van der Waals surface area contributed by atoms with Crippen LogP contribution in [0.2, 0.25) is 0 Å². The molecule has 2 saturated heterocycles. The van der Waals surface area contributed by atoms with Crippen molar-refractivity contribution in [1.82, 2.24) is 14.7 Å². The molecule has 2 aliphatic rings. The molecule has 0 N–H and O–H groups in total. The zero-order valence-electron chi connectivity index (χ0n) is 13.7. The predicted molar refractivity (Wildman–Crippen MR) is 84.2 cm³/mol. The van der Waals surface area contributed by atoms with E-state index in [1.54, 1.807) is 7.11 Å². The molecule has 118 valence electrons. The molecule has 0 radical (unpaired) electrons. The van der Waals surface area contributed by atoms with Crippen molar-refractivity contribution in [3.05, 3.63) is 0 Å². The molecule has 0 aromatic rings. The molecular weight excluding hydrogens is 250 g/mol. The van der Waals surface area contributed by atoms with Crippen molar-refractivity contribution in [2.45, 2.75) is 32.7 Å². The number of piperidine rings is 1. The molecule has 0 aromatic carbocycles. The van der Waals surface area contributed by atoms with E-state index in [4.69, 9.17) is 4.74 Å². The third-order valence-corrected chi connectivity index (χ3v) is 4.97. The smallest absolute Gasteiger partial charge is 0.0589 e. The maximum absolute atomic E-state index is 5.17. The van der Waals surface area contributed by atoms with E-state index in [1.807, 2.05) is 0 Å². The summed E-state index contributed by atoms with van der Waals surface area (Å²) in [6.07, 6.45) is 2.74. The predicted octanol–water partition coefficient (Wildman–Crippen LogP) is 1.37. The average Bonchev–Trinajstić information content (AvgIpc) is 2.47. The van der Waals surface area contributed by atoms with Crippen LogP contribution in [0.4, 0.5) is 0 Å². The third kappa shape index (κ3) is 4.99. The quantitative estimate of drug-likeness (QED) is 0.733. The lowest BCUT2D eigenvalue weighted by Gasteiger charge is -2.40. The number of likely N-dealkylation sites (tertiary alicyclic amines) is 1. The molecule has 0 atom stereocenters. The van der Waals surface area contributed by atoms with Crippen molar-refractivity contribution in [2.24, 2.45) is 5.92 Å². The van der Waals surface area contributed by atoms with Gasteiger partial charge in [-0.15, -0.1) is 0 Å². The van der Waals surface area contributed by atoms with E-state index in [-0.39, 0.29) is 0 Å². The van der Waals surface area contributed by atoms with Gasteiger partial charge in [0.15, 0.2) is 0 Å². The Morgan fingerprint density at radius 1 is 0.950 bits per heavy atom. The minimum atomic E-state index is 0.709. The zero-order chi connectivity index (χ0) is 14.4. The number of ether oxygens (including phenoxy) is 1. The summed E-state index contributed by atoms with van der Waals surface area (Å²) in [6.45, 7) is 15.5. The molecule has 20 heavy (non-hydrogen) atoms.